The number of sulfonamides is 1. The van der Waals surface area contributed by atoms with Crippen LogP contribution in [0.4, 0.5) is 0 Å². The van der Waals surface area contributed by atoms with Crippen LogP contribution in [0.5, 0.6) is 5.75 Å². The van der Waals surface area contributed by atoms with E-state index in [1.807, 2.05) is 31.2 Å². The lowest BCUT2D eigenvalue weighted by Crippen LogP contribution is -2.23. The number of hydrogen-bond donors (Lipinski definition) is 0. The molecular weight excluding hydrogens is 354 g/mol. The van der Waals surface area contributed by atoms with Crippen LogP contribution in [0.15, 0.2) is 47.4 Å². The Morgan fingerprint density at radius 1 is 1.00 bits per heavy atom. The fourth-order valence-electron chi connectivity index (χ4n) is 2.27. The number of nitrogens with zero attached hydrogens (tertiary/aromatic N) is 1. The Morgan fingerprint density at radius 3 is 2.35 bits per heavy atom. The number of hydrogen-bond acceptors (Lipinski definition) is 5. The standard InChI is InChI=1S/C19H23NO5S/c1-14-9-10-16(26(22,23)20(3)4)13-17(14)19(21)25-12-11-24-18-8-6-5-7-15(18)2/h5-10,13H,11-12H2,1-4H3. The molecule has 0 fully saturated rings. The molecule has 0 aliphatic heterocycles. The van der Waals surface area contributed by atoms with Gasteiger partial charge in [0.15, 0.2) is 0 Å². The van der Waals surface area contributed by atoms with E-state index in [-0.39, 0.29) is 23.7 Å². The quantitative estimate of drug-likeness (QED) is 0.548. The van der Waals surface area contributed by atoms with Crippen molar-refractivity contribution in [3.8, 4) is 5.75 Å². The van der Waals surface area contributed by atoms with Gasteiger partial charge in [0.25, 0.3) is 0 Å². The lowest BCUT2D eigenvalue weighted by Gasteiger charge is -2.14. The fourth-order valence-corrected chi connectivity index (χ4v) is 3.20. The maximum absolute atomic E-state index is 12.3. The van der Waals surface area contributed by atoms with Gasteiger partial charge in [0.05, 0.1) is 10.5 Å². The molecule has 0 aliphatic carbocycles. The second-order valence-corrected chi connectivity index (χ2v) is 8.17. The van der Waals surface area contributed by atoms with E-state index in [1.165, 1.54) is 26.2 Å². The number of rotatable bonds is 7. The van der Waals surface area contributed by atoms with E-state index in [1.54, 1.807) is 13.0 Å². The third kappa shape index (κ3) is 4.62. The van der Waals surface area contributed by atoms with Gasteiger partial charge in [0.1, 0.15) is 19.0 Å². The van der Waals surface area contributed by atoms with Crippen LogP contribution in [-0.4, -0.2) is 46.0 Å². The molecule has 0 saturated heterocycles. The van der Waals surface area contributed by atoms with Crippen molar-refractivity contribution in [2.45, 2.75) is 18.7 Å². The van der Waals surface area contributed by atoms with Gasteiger partial charge < -0.3 is 9.47 Å². The van der Waals surface area contributed by atoms with Crippen LogP contribution in [0, 0.1) is 13.8 Å². The predicted octanol–water partition coefficient (Wildman–Crippen LogP) is 2.79. The van der Waals surface area contributed by atoms with E-state index in [4.69, 9.17) is 9.47 Å². The molecule has 2 rings (SSSR count). The zero-order valence-corrected chi connectivity index (χ0v) is 16.2. The topological polar surface area (TPSA) is 72.9 Å². The highest BCUT2D eigenvalue weighted by atomic mass is 32.2. The Bertz CT molecular complexity index is 891. The monoisotopic (exact) mass is 377 g/mol. The van der Waals surface area contributed by atoms with E-state index in [9.17, 15) is 13.2 Å². The van der Waals surface area contributed by atoms with Crippen molar-refractivity contribution in [2.75, 3.05) is 27.3 Å². The van der Waals surface area contributed by atoms with Gasteiger partial charge in [0.2, 0.25) is 10.0 Å². The zero-order chi connectivity index (χ0) is 19.3. The first-order chi connectivity index (χ1) is 12.2. The molecule has 7 heteroatoms. The average Bonchev–Trinajstić information content (AvgIpc) is 2.60. The van der Waals surface area contributed by atoms with E-state index in [0.29, 0.717) is 5.56 Å². The molecule has 0 spiro atoms. The number of benzene rings is 2. The SMILES string of the molecule is Cc1ccccc1OCCOC(=O)c1cc(S(=O)(=O)N(C)C)ccc1C. The zero-order valence-electron chi connectivity index (χ0n) is 15.4. The number of aryl methyl sites for hydroxylation is 2. The van der Waals surface area contributed by atoms with Crippen LogP contribution in [0.1, 0.15) is 21.5 Å². The summed E-state index contributed by atoms with van der Waals surface area (Å²) >= 11 is 0. The summed E-state index contributed by atoms with van der Waals surface area (Å²) in [7, 11) is -0.734. The van der Waals surface area contributed by atoms with Crippen LogP contribution in [0.3, 0.4) is 0 Å². The first kappa shape index (κ1) is 19.9. The summed E-state index contributed by atoms with van der Waals surface area (Å²) in [6.07, 6.45) is 0. The van der Waals surface area contributed by atoms with Crippen molar-refractivity contribution in [1.29, 1.82) is 0 Å². The summed E-state index contributed by atoms with van der Waals surface area (Å²) in [4.78, 5) is 12.4. The average molecular weight is 377 g/mol. The van der Waals surface area contributed by atoms with Crippen molar-refractivity contribution in [3.63, 3.8) is 0 Å². The largest absolute Gasteiger partial charge is 0.490 e. The minimum Gasteiger partial charge on any atom is -0.490 e. The Labute approximate surface area is 154 Å². The van der Waals surface area contributed by atoms with Crippen LogP contribution < -0.4 is 4.74 Å². The van der Waals surface area contributed by atoms with Gasteiger partial charge in [-0.25, -0.2) is 17.5 Å². The molecule has 0 saturated carbocycles. The van der Waals surface area contributed by atoms with E-state index in [0.717, 1.165) is 15.6 Å². The van der Waals surface area contributed by atoms with E-state index < -0.39 is 16.0 Å². The van der Waals surface area contributed by atoms with E-state index in [2.05, 4.69) is 0 Å². The van der Waals surface area contributed by atoms with Crippen molar-refractivity contribution >= 4 is 16.0 Å². The second kappa shape index (κ2) is 8.33. The number of carbonyl (C=O) groups excluding carboxylic acids is 1. The van der Waals surface area contributed by atoms with Crippen LogP contribution in [-0.2, 0) is 14.8 Å². The third-order valence-corrected chi connectivity index (χ3v) is 5.69. The van der Waals surface area contributed by atoms with Crippen LogP contribution in [0.2, 0.25) is 0 Å². The summed E-state index contributed by atoms with van der Waals surface area (Å²) in [5.41, 5.74) is 1.87. The van der Waals surface area contributed by atoms with E-state index >= 15 is 0 Å². The second-order valence-electron chi connectivity index (χ2n) is 6.01. The smallest absolute Gasteiger partial charge is 0.338 e. The molecule has 0 N–H and O–H groups in total. The Hall–Kier alpha value is -2.38. The van der Waals surface area contributed by atoms with Gasteiger partial charge in [0, 0.05) is 14.1 Å². The normalized spacial score (nSPS) is 11.4. The lowest BCUT2D eigenvalue weighted by atomic mass is 10.1. The Balaban J connectivity index is 2.02. The highest BCUT2D eigenvalue weighted by molar-refractivity contribution is 7.89. The molecular formula is C19H23NO5S. The van der Waals surface area contributed by atoms with Gasteiger partial charge >= 0.3 is 5.97 Å². The maximum Gasteiger partial charge on any atom is 0.338 e. The number of carbonyl (C=O) groups is 1. The maximum atomic E-state index is 12.3. The summed E-state index contributed by atoms with van der Waals surface area (Å²) < 4.78 is 36.4. The van der Waals surface area contributed by atoms with Gasteiger partial charge in [-0.3, -0.25) is 0 Å². The highest BCUT2D eigenvalue weighted by Crippen LogP contribution is 2.19. The van der Waals surface area contributed by atoms with Gasteiger partial charge in [-0.05, 0) is 43.2 Å². The molecule has 0 aromatic heterocycles. The Kier molecular flexibility index (Phi) is 6.39. The molecule has 0 radical (unpaired) electrons. The van der Waals surface area contributed by atoms with Gasteiger partial charge in [-0.15, -0.1) is 0 Å². The highest BCUT2D eigenvalue weighted by Gasteiger charge is 2.20. The van der Waals surface area contributed by atoms with Gasteiger partial charge in [-0.1, -0.05) is 24.3 Å². The molecule has 2 aromatic rings. The molecule has 0 heterocycles. The van der Waals surface area contributed by atoms with Crippen molar-refractivity contribution < 1.29 is 22.7 Å². The summed E-state index contributed by atoms with van der Waals surface area (Å²) in [5.74, 6) is 0.158. The molecule has 0 atom stereocenters. The molecule has 26 heavy (non-hydrogen) atoms. The molecule has 0 amide bonds. The summed E-state index contributed by atoms with van der Waals surface area (Å²) in [6, 6.07) is 12.0. The first-order valence-corrected chi connectivity index (χ1v) is 9.56. The van der Waals surface area contributed by atoms with Crippen LogP contribution in [0.25, 0.3) is 0 Å². The van der Waals surface area contributed by atoms with Gasteiger partial charge in [-0.2, -0.15) is 0 Å². The van der Waals surface area contributed by atoms with Crippen molar-refractivity contribution in [1.82, 2.24) is 4.31 Å². The molecule has 0 bridgehead atoms. The first-order valence-electron chi connectivity index (χ1n) is 8.12. The summed E-state index contributed by atoms with van der Waals surface area (Å²) in [5, 5.41) is 0. The van der Waals surface area contributed by atoms with Crippen LogP contribution >= 0.6 is 0 Å². The molecule has 6 nitrogen and oxygen atoms in total. The minimum absolute atomic E-state index is 0.0520. The van der Waals surface area contributed by atoms with Crippen molar-refractivity contribution in [2.24, 2.45) is 0 Å². The Morgan fingerprint density at radius 2 is 1.69 bits per heavy atom. The molecule has 140 valence electrons. The molecule has 2 aromatic carbocycles. The minimum atomic E-state index is -3.61. The number of para-hydroxylation sites is 1. The molecule has 0 aliphatic rings. The predicted molar refractivity (Wildman–Crippen MR) is 99.0 cm³/mol. The fraction of sp³-hybridized carbons (Fsp3) is 0.316. The molecule has 0 unspecified atom stereocenters. The third-order valence-electron chi connectivity index (χ3n) is 3.88. The lowest BCUT2D eigenvalue weighted by molar-refractivity contribution is 0.0449. The number of ether oxygens (including phenoxy) is 2. The van der Waals surface area contributed by atoms with Crippen molar-refractivity contribution in [3.05, 3.63) is 59.2 Å². The number of esters is 1. The summed E-state index contributed by atoms with van der Waals surface area (Å²) in [6.45, 7) is 3.94.